The molecule has 0 atom stereocenters. The molecular formula is C12H13O2-. The van der Waals surface area contributed by atoms with Gasteiger partial charge in [-0.2, -0.15) is 0 Å². The maximum atomic E-state index is 10.7. The standard InChI is InChI=1S/C12H14O2/c1-9(2)7-8-10-5-3-4-6-11(10)12(13)14/h3-6H,1,7-8H2,2H3,(H,13,14)/p-1. The van der Waals surface area contributed by atoms with Crippen molar-refractivity contribution in [3.05, 3.63) is 47.5 Å². The zero-order valence-electron chi connectivity index (χ0n) is 8.25. The van der Waals surface area contributed by atoms with Crippen LogP contribution in [0.3, 0.4) is 0 Å². The van der Waals surface area contributed by atoms with Crippen LogP contribution in [-0.2, 0) is 6.42 Å². The molecule has 2 nitrogen and oxygen atoms in total. The lowest BCUT2D eigenvalue weighted by Crippen LogP contribution is -2.23. The van der Waals surface area contributed by atoms with E-state index < -0.39 is 5.97 Å². The van der Waals surface area contributed by atoms with Crippen molar-refractivity contribution in [1.29, 1.82) is 0 Å². The largest absolute Gasteiger partial charge is 0.545 e. The molecule has 0 aliphatic heterocycles. The normalized spacial score (nSPS) is 9.79. The van der Waals surface area contributed by atoms with E-state index in [1.54, 1.807) is 12.1 Å². The van der Waals surface area contributed by atoms with Gasteiger partial charge in [0.1, 0.15) is 0 Å². The van der Waals surface area contributed by atoms with Gasteiger partial charge in [0, 0.05) is 5.56 Å². The summed E-state index contributed by atoms with van der Waals surface area (Å²) in [6.45, 7) is 5.71. The van der Waals surface area contributed by atoms with E-state index in [1.165, 1.54) is 0 Å². The molecule has 1 aromatic carbocycles. The third kappa shape index (κ3) is 2.73. The summed E-state index contributed by atoms with van der Waals surface area (Å²) in [5.41, 5.74) is 2.16. The van der Waals surface area contributed by atoms with Crippen LogP contribution < -0.4 is 5.11 Å². The number of carboxylic acid groups (broad SMARTS) is 1. The van der Waals surface area contributed by atoms with Gasteiger partial charge in [-0.25, -0.2) is 0 Å². The fourth-order valence-electron chi connectivity index (χ4n) is 1.29. The third-order valence-corrected chi connectivity index (χ3v) is 2.06. The molecule has 0 saturated heterocycles. The Bertz CT molecular complexity index is 353. The highest BCUT2D eigenvalue weighted by Crippen LogP contribution is 2.12. The van der Waals surface area contributed by atoms with Crippen molar-refractivity contribution < 1.29 is 9.90 Å². The van der Waals surface area contributed by atoms with Gasteiger partial charge >= 0.3 is 0 Å². The Hall–Kier alpha value is -1.57. The van der Waals surface area contributed by atoms with Crippen LogP contribution in [0.25, 0.3) is 0 Å². The van der Waals surface area contributed by atoms with Gasteiger partial charge in [0.15, 0.2) is 0 Å². The molecule has 0 saturated carbocycles. The minimum atomic E-state index is -1.11. The lowest BCUT2D eigenvalue weighted by Gasteiger charge is -2.09. The van der Waals surface area contributed by atoms with Gasteiger partial charge in [-0.15, -0.1) is 6.58 Å². The topological polar surface area (TPSA) is 40.1 Å². The molecule has 0 spiro atoms. The molecule has 14 heavy (non-hydrogen) atoms. The summed E-state index contributed by atoms with van der Waals surface area (Å²) < 4.78 is 0. The maximum Gasteiger partial charge on any atom is 0.0718 e. The van der Waals surface area contributed by atoms with E-state index in [1.807, 2.05) is 19.1 Å². The predicted octanol–water partition coefficient (Wildman–Crippen LogP) is 1.56. The Morgan fingerprint density at radius 1 is 1.43 bits per heavy atom. The second-order valence-electron chi connectivity index (χ2n) is 3.40. The summed E-state index contributed by atoms with van der Waals surface area (Å²) in [5, 5.41) is 10.7. The maximum absolute atomic E-state index is 10.7. The molecule has 0 N–H and O–H groups in total. The quantitative estimate of drug-likeness (QED) is 0.674. The molecule has 2 heteroatoms. The van der Waals surface area contributed by atoms with E-state index in [-0.39, 0.29) is 5.56 Å². The molecule has 1 rings (SSSR count). The molecule has 1 aromatic rings. The number of aromatic carboxylic acids is 1. The van der Waals surface area contributed by atoms with E-state index in [0.717, 1.165) is 17.6 Å². The second kappa shape index (κ2) is 4.61. The Morgan fingerprint density at radius 2 is 2.07 bits per heavy atom. The summed E-state index contributed by atoms with van der Waals surface area (Å²) in [6, 6.07) is 6.92. The number of carbonyl (C=O) groups is 1. The van der Waals surface area contributed by atoms with Crippen LogP contribution >= 0.6 is 0 Å². The average molecular weight is 189 g/mol. The number of aryl methyl sites for hydroxylation is 1. The van der Waals surface area contributed by atoms with Crippen molar-refractivity contribution in [2.45, 2.75) is 19.8 Å². The first-order chi connectivity index (χ1) is 6.61. The monoisotopic (exact) mass is 189 g/mol. The molecule has 0 amide bonds. The number of hydrogen-bond acceptors (Lipinski definition) is 2. The zero-order chi connectivity index (χ0) is 10.6. The van der Waals surface area contributed by atoms with Crippen LogP contribution in [0.15, 0.2) is 36.4 Å². The van der Waals surface area contributed by atoms with Gasteiger partial charge in [-0.05, 0) is 25.3 Å². The predicted molar refractivity (Wildman–Crippen MR) is 53.9 cm³/mol. The van der Waals surface area contributed by atoms with E-state index in [9.17, 15) is 9.90 Å². The van der Waals surface area contributed by atoms with Crippen LogP contribution in [0.2, 0.25) is 0 Å². The Balaban J connectivity index is 2.84. The molecule has 0 unspecified atom stereocenters. The second-order valence-corrected chi connectivity index (χ2v) is 3.40. The average Bonchev–Trinajstić information content (AvgIpc) is 2.15. The lowest BCUT2D eigenvalue weighted by molar-refractivity contribution is -0.255. The molecule has 0 aromatic heterocycles. The zero-order valence-corrected chi connectivity index (χ0v) is 8.25. The van der Waals surface area contributed by atoms with Crippen molar-refractivity contribution in [3.63, 3.8) is 0 Å². The van der Waals surface area contributed by atoms with Crippen molar-refractivity contribution in [2.75, 3.05) is 0 Å². The van der Waals surface area contributed by atoms with Crippen LogP contribution in [0.4, 0.5) is 0 Å². The van der Waals surface area contributed by atoms with Crippen LogP contribution in [0.5, 0.6) is 0 Å². The van der Waals surface area contributed by atoms with Crippen molar-refractivity contribution >= 4 is 5.97 Å². The van der Waals surface area contributed by atoms with Gasteiger partial charge in [0.05, 0.1) is 5.97 Å². The molecule has 74 valence electrons. The van der Waals surface area contributed by atoms with Crippen LogP contribution in [0, 0.1) is 0 Å². The number of benzene rings is 1. The highest BCUT2D eigenvalue weighted by Gasteiger charge is 2.01. The number of carbonyl (C=O) groups excluding carboxylic acids is 1. The third-order valence-electron chi connectivity index (χ3n) is 2.06. The van der Waals surface area contributed by atoms with Crippen LogP contribution in [0.1, 0.15) is 29.3 Å². The molecule has 0 aliphatic carbocycles. The van der Waals surface area contributed by atoms with Gasteiger partial charge in [-0.3, -0.25) is 0 Å². The molecule has 0 aliphatic rings. The minimum absolute atomic E-state index is 0.286. The number of rotatable bonds is 4. The van der Waals surface area contributed by atoms with Crippen molar-refractivity contribution in [2.24, 2.45) is 0 Å². The summed E-state index contributed by atoms with van der Waals surface area (Å²) >= 11 is 0. The SMILES string of the molecule is C=C(C)CCc1ccccc1C(=O)[O-]. The number of allylic oxidation sites excluding steroid dienone is 1. The van der Waals surface area contributed by atoms with E-state index in [4.69, 9.17) is 0 Å². The van der Waals surface area contributed by atoms with E-state index in [2.05, 4.69) is 6.58 Å². The molecule has 0 fully saturated rings. The lowest BCUT2D eigenvalue weighted by atomic mass is 10.0. The first kappa shape index (κ1) is 10.5. The summed E-state index contributed by atoms with van der Waals surface area (Å²) in [5.74, 6) is -1.11. The Labute approximate surface area is 83.9 Å². The number of carboxylic acids is 1. The van der Waals surface area contributed by atoms with Crippen molar-refractivity contribution in [1.82, 2.24) is 0 Å². The van der Waals surface area contributed by atoms with Crippen molar-refractivity contribution in [3.8, 4) is 0 Å². The number of hydrogen-bond donors (Lipinski definition) is 0. The summed E-state index contributed by atoms with van der Waals surface area (Å²) in [6.07, 6.45) is 1.52. The fourth-order valence-corrected chi connectivity index (χ4v) is 1.29. The van der Waals surface area contributed by atoms with Gasteiger partial charge < -0.3 is 9.90 Å². The summed E-state index contributed by atoms with van der Waals surface area (Å²) in [7, 11) is 0. The van der Waals surface area contributed by atoms with Gasteiger partial charge in [0.25, 0.3) is 0 Å². The highest BCUT2D eigenvalue weighted by molar-refractivity contribution is 5.87. The van der Waals surface area contributed by atoms with Crippen LogP contribution in [-0.4, -0.2) is 5.97 Å². The molecule has 0 bridgehead atoms. The highest BCUT2D eigenvalue weighted by atomic mass is 16.4. The molecule has 0 radical (unpaired) electrons. The fraction of sp³-hybridized carbons (Fsp3) is 0.250. The Morgan fingerprint density at radius 3 is 2.64 bits per heavy atom. The smallest absolute Gasteiger partial charge is 0.0718 e. The Kier molecular flexibility index (Phi) is 3.46. The minimum Gasteiger partial charge on any atom is -0.545 e. The molecule has 0 heterocycles. The van der Waals surface area contributed by atoms with E-state index in [0.29, 0.717) is 6.42 Å². The van der Waals surface area contributed by atoms with Gasteiger partial charge in [-0.1, -0.05) is 29.8 Å². The van der Waals surface area contributed by atoms with E-state index >= 15 is 0 Å². The molecular weight excluding hydrogens is 176 g/mol. The first-order valence-electron chi connectivity index (χ1n) is 4.55. The first-order valence-corrected chi connectivity index (χ1v) is 4.55. The van der Waals surface area contributed by atoms with Gasteiger partial charge in [0.2, 0.25) is 0 Å². The summed E-state index contributed by atoms with van der Waals surface area (Å²) in [4.78, 5) is 10.7.